The number of hydrogen-bond donors (Lipinski definition) is 0. The zero-order valence-corrected chi connectivity index (χ0v) is 10.4. The van der Waals surface area contributed by atoms with E-state index in [-0.39, 0.29) is 5.78 Å². The van der Waals surface area contributed by atoms with Crippen molar-refractivity contribution in [2.45, 2.75) is 33.1 Å². The maximum absolute atomic E-state index is 11.8. The highest BCUT2D eigenvalue weighted by atomic mass is 79.9. The number of nitrogens with zero attached hydrogens (tertiary/aromatic N) is 2. The number of carbonyl (C=O) groups is 1. The van der Waals surface area contributed by atoms with Crippen LogP contribution in [0.15, 0.2) is 4.60 Å². The van der Waals surface area contributed by atoms with Gasteiger partial charge in [0.2, 0.25) is 0 Å². The summed E-state index contributed by atoms with van der Waals surface area (Å²) in [6, 6.07) is 0. The molecule has 1 heterocycles. The minimum Gasteiger partial charge on any atom is -0.328 e. The second-order valence-electron chi connectivity index (χ2n) is 3.38. The molecule has 0 atom stereocenters. The van der Waals surface area contributed by atoms with Crippen molar-refractivity contribution in [1.82, 2.24) is 9.55 Å². The molecule has 78 valence electrons. The molecule has 0 spiro atoms. The molecule has 3 nitrogen and oxygen atoms in total. The number of aromatic nitrogens is 2. The number of aryl methyl sites for hydroxylation is 1. The van der Waals surface area contributed by atoms with Gasteiger partial charge < -0.3 is 4.57 Å². The maximum atomic E-state index is 11.8. The van der Waals surface area contributed by atoms with Crippen LogP contribution in [0.4, 0.5) is 0 Å². The monoisotopic (exact) mass is 258 g/mol. The fraction of sp³-hybridized carbons (Fsp3) is 0.600. The first-order chi connectivity index (χ1) is 6.57. The molecule has 0 aliphatic rings. The summed E-state index contributed by atoms with van der Waals surface area (Å²) in [7, 11) is 1.87. The summed E-state index contributed by atoms with van der Waals surface area (Å²) in [5.41, 5.74) is 0.691. The Morgan fingerprint density at radius 3 is 2.64 bits per heavy atom. The lowest BCUT2D eigenvalue weighted by Crippen LogP contribution is -2.07. The Morgan fingerprint density at radius 2 is 2.21 bits per heavy atom. The summed E-state index contributed by atoms with van der Waals surface area (Å²) >= 11 is 3.31. The first kappa shape index (κ1) is 11.4. The highest BCUT2D eigenvalue weighted by Gasteiger charge is 2.16. The van der Waals surface area contributed by atoms with Crippen molar-refractivity contribution in [2.75, 3.05) is 0 Å². The van der Waals surface area contributed by atoms with Crippen molar-refractivity contribution in [3.8, 4) is 0 Å². The molecule has 0 radical (unpaired) electrons. The molecule has 0 aliphatic carbocycles. The molecule has 0 unspecified atom stereocenters. The zero-order valence-electron chi connectivity index (χ0n) is 8.80. The van der Waals surface area contributed by atoms with Crippen molar-refractivity contribution in [3.63, 3.8) is 0 Å². The van der Waals surface area contributed by atoms with Crippen LogP contribution in [0, 0.1) is 6.92 Å². The average Bonchev–Trinajstić information content (AvgIpc) is 2.38. The first-order valence-electron chi connectivity index (χ1n) is 4.80. The van der Waals surface area contributed by atoms with Gasteiger partial charge in [-0.3, -0.25) is 4.79 Å². The Hall–Kier alpha value is -0.640. The van der Waals surface area contributed by atoms with Gasteiger partial charge in [-0.2, -0.15) is 0 Å². The van der Waals surface area contributed by atoms with Gasteiger partial charge in [0.1, 0.15) is 16.1 Å². The van der Waals surface area contributed by atoms with E-state index < -0.39 is 0 Å². The Kier molecular flexibility index (Phi) is 3.86. The van der Waals surface area contributed by atoms with Gasteiger partial charge in [0.05, 0.1) is 0 Å². The van der Waals surface area contributed by atoms with Gasteiger partial charge in [-0.25, -0.2) is 4.98 Å². The molecule has 0 N–H and O–H groups in total. The molecule has 0 aromatic carbocycles. The van der Waals surface area contributed by atoms with Crippen LogP contribution >= 0.6 is 15.9 Å². The van der Waals surface area contributed by atoms with Crippen LogP contribution in [0.2, 0.25) is 0 Å². The lowest BCUT2D eigenvalue weighted by atomic mass is 10.1. The van der Waals surface area contributed by atoms with E-state index in [1.165, 1.54) is 0 Å². The van der Waals surface area contributed by atoms with E-state index in [2.05, 4.69) is 27.8 Å². The minimum atomic E-state index is 0.168. The molecule has 0 aliphatic heterocycles. The lowest BCUT2D eigenvalue weighted by molar-refractivity contribution is 0.0971. The SMILES string of the molecule is CCCCC(=O)c1c(Br)nc(C)n1C. The van der Waals surface area contributed by atoms with E-state index in [0.29, 0.717) is 16.7 Å². The summed E-state index contributed by atoms with van der Waals surface area (Å²) < 4.78 is 2.50. The molecule has 0 bridgehead atoms. The molecular formula is C10H15BrN2O. The summed E-state index contributed by atoms with van der Waals surface area (Å²) in [5, 5.41) is 0. The molecule has 0 saturated carbocycles. The number of rotatable bonds is 4. The van der Waals surface area contributed by atoms with Crippen molar-refractivity contribution in [2.24, 2.45) is 7.05 Å². The summed E-state index contributed by atoms with van der Waals surface area (Å²) in [6.45, 7) is 3.97. The molecule has 1 aromatic heterocycles. The molecular weight excluding hydrogens is 244 g/mol. The van der Waals surface area contributed by atoms with E-state index in [9.17, 15) is 4.79 Å². The smallest absolute Gasteiger partial charge is 0.182 e. The number of unbranched alkanes of at least 4 members (excludes halogenated alkanes) is 1. The van der Waals surface area contributed by atoms with E-state index in [4.69, 9.17) is 0 Å². The normalized spacial score (nSPS) is 10.6. The number of ketones is 1. The van der Waals surface area contributed by atoms with Crippen LogP contribution < -0.4 is 0 Å². The van der Waals surface area contributed by atoms with E-state index >= 15 is 0 Å². The highest BCUT2D eigenvalue weighted by Crippen LogP contribution is 2.18. The second kappa shape index (κ2) is 4.73. The van der Waals surface area contributed by atoms with E-state index in [0.717, 1.165) is 18.7 Å². The summed E-state index contributed by atoms with van der Waals surface area (Å²) in [6.07, 6.45) is 2.59. The Balaban J connectivity index is 2.89. The minimum absolute atomic E-state index is 0.168. The number of imidazole rings is 1. The quantitative estimate of drug-likeness (QED) is 0.779. The van der Waals surface area contributed by atoms with Crippen LogP contribution in [0.1, 0.15) is 42.5 Å². The van der Waals surface area contributed by atoms with Gasteiger partial charge in [0, 0.05) is 13.5 Å². The third kappa shape index (κ3) is 2.23. The molecule has 0 amide bonds. The molecule has 4 heteroatoms. The third-order valence-electron chi connectivity index (χ3n) is 2.30. The van der Waals surface area contributed by atoms with Crippen LogP contribution in [0.25, 0.3) is 0 Å². The van der Waals surface area contributed by atoms with E-state index in [1.807, 2.05) is 18.5 Å². The average molecular weight is 259 g/mol. The summed E-state index contributed by atoms with van der Waals surface area (Å²) in [5.74, 6) is 1.03. The highest BCUT2D eigenvalue weighted by molar-refractivity contribution is 9.10. The van der Waals surface area contributed by atoms with Gasteiger partial charge in [-0.1, -0.05) is 13.3 Å². The van der Waals surface area contributed by atoms with Crippen LogP contribution in [-0.2, 0) is 7.05 Å². The van der Waals surface area contributed by atoms with Gasteiger partial charge >= 0.3 is 0 Å². The van der Waals surface area contributed by atoms with Crippen LogP contribution in [0.3, 0.4) is 0 Å². The third-order valence-corrected chi connectivity index (χ3v) is 2.85. The Morgan fingerprint density at radius 1 is 1.57 bits per heavy atom. The Labute approximate surface area is 92.7 Å². The molecule has 1 aromatic rings. The van der Waals surface area contributed by atoms with E-state index in [1.54, 1.807) is 0 Å². The van der Waals surface area contributed by atoms with Crippen LogP contribution in [0.5, 0.6) is 0 Å². The second-order valence-corrected chi connectivity index (χ2v) is 4.14. The zero-order chi connectivity index (χ0) is 10.7. The van der Waals surface area contributed by atoms with Crippen molar-refractivity contribution < 1.29 is 4.79 Å². The number of hydrogen-bond acceptors (Lipinski definition) is 2. The van der Waals surface area contributed by atoms with Crippen LogP contribution in [-0.4, -0.2) is 15.3 Å². The first-order valence-corrected chi connectivity index (χ1v) is 5.59. The van der Waals surface area contributed by atoms with Crippen molar-refractivity contribution in [3.05, 3.63) is 16.1 Å². The number of carbonyl (C=O) groups excluding carboxylic acids is 1. The van der Waals surface area contributed by atoms with Gasteiger partial charge in [0.25, 0.3) is 0 Å². The van der Waals surface area contributed by atoms with Gasteiger partial charge in [-0.05, 0) is 29.3 Å². The van der Waals surface area contributed by atoms with Gasteiger partial charge in [0.15, 0.2) is 5.78 Å². The molecule has 0 fully saturated rings. The fourth-order valence-corrected chi connectivity index (χ4v) is 2.07. The topological polar surface area (TPSA) is 34.9 Å². The number of Topliss-reactive ketones (excluding diaryl/α,β-unsaturated/α-hetero) is 1. The summed E-state index contributed by atoms with van der Waals surface area (Å²) in [4.78, 5) is 16.0. The predicted molar refractivity (Wildman–Crippen MR) is 59.5 cm³/mol. The van der Waals surface area contributed by atoms with Crippen molar-refractivity contribution in [1.29, 1.82) is 0 Å². The lowest BCUT2D eigenvalue weighted by Gasteiger charge is -2.02. The fourth-order valence-electron chi connectivity index (χ4n) is 1.33. The standard InChI is InChI=1S/C10H15BrN2O/c1-4-5-6-8(14)9-10(11)12-7(2)13(9)3/h4-6H2,1-3H3. The van der Waals surface area contributed by atoms with Crippen molar-refractivity contribution >= 4 is 21.7 Å². The molecule has 0 saturated heterocycles. The Bertz CT molecular complexity index is 344. The largest absolute Gasteiger partial charge is 0.328 e. The van der Waals surface area contributed by atoms with Gasteiger partial charge in [-0.15, -0.1) is 0 Å². The molecule has 1 rings (SSSR count). The molecule has 14 heavy (non-hydrogen) atoms. The maximum Gasteiger partial charge on any atom is 0.182 e. The predicted octanol–water partition coefficient (Wildman–Crippen LogP) is 2.86. The number of halogens is 1.